The zero-order chi connectivity index (χ0) is 20.9. The van der Waals surface area contributed by atoms with E-state index in [0.717, 1.165) is 10.4 Å². The van der Waals surface area contributed by atoms with Crippen molar-refractivity contribution in [1.82, 2.24) is 9.97 Å². The minimum atomic E-state index is -0.331. The fourth-order valence-corrected chi connectivity index (χ4v) is 4.17. The lowest BCUT2D eigenvalue weighted by atomic mass is 10.1. The van der Waals surface area contributed by atoms with Crippen LogP contribution in [0.2, 0.25) is 0 Å². The number of nitrogens with zero attached hydrogens (tertiary/aromatic N) is 5. The monoisotopic (exact) mass is 417 g/mol. The van der Waals surface area contributed by atoms with Gasteiger partial charge in [-0.25, -0.2) is 14.4 Å². The molecule has 4 rings (SSSR count). The Morgan fingerprint density at radius 1 is 1.13 bits per heavy atom. The van der Waals surface area contributed by atoms with Crippen LogP contribution in [0.25, 0.3) is 20.7 Å². The number of hydrogen-bond acceptors (Lipinski definition) is 7. The Kier molecular flexibility index (Phi) is 5.72. The summed E-state index contributed by atoms with van der Waals surface area (Å²) in [5, 5.41) is 18.1. The van der Waals surface area contributed by atoms with Gasteiger partial charge in [-0.3, -0.25) is 0 Å². The SMILES string of the molecule is CCOc1ccccc1-c1sc2c(N=NCc3ccccc3F)ncnc2c1C#N. The minimum absolute atomic E-state index is 0.0919. The van der Waals surface area contributed by atoms with Gasteiger partial charge in [0.15, 0.2) is 5.82 Å². The summed E-state index contributed by atoms with van der Waals surface area (Å²) >= 11 is 1.36. The first kappa shape index (κ1) is 19.6. The molecule has 0 fully saturated rings. The van der Waals surface area contributed by atoms with Gasteiger partial charge >= 0.3 is 0 Å². The Bertz CT molecular complexity index is 1280. The van der Waals surface area contributed by atoms with Crippen molar-refractivity contribution < 1.29 is 9.13 Å². The smallest absolute Gasteiger partial charge is 0.195 e. The van der Waals surface area contributed by atoms with Gasteiger partial charge in [0.2, 0.25) is 0 Å². The molecule has 0 saturated carbocycles. The van der Waals surface area contributed by atoms with Gasteiger partial charge in [0.05, 0.1) is 23.6 Å². The topological polar surface area (TPSA) is 83.5 Å². The van der Waals surface area contributed by atoms with E-state index >= 15 is 0 Å². The third-order valence-electron chi connectivity index (χ3n) is 4.36. The summed E-state index contributed by atoms with van der Waals surface area (Å²) in [6, 6.07) is 16.2. The normalized spacial score (nSPS) is 11.1. The second-order valence-electron chi connectivity index (χ2n) is 6.21. The first-order valence-electron chi connectivity index (χ1n) is 9.23. The zero-order valence-corrected chi connectivity index (χ0v) is 16.9. The third kappa shape index (κ3) is 3.75. The van der Waals surface area contributed by atoms with E-state index in [1.807, 2.05) is 31.2 Å². The molecule has 0 atom stereocenters. The van der Waals surface area contributed by atoms with Crippen LogP contribution in [0, 0.1) is 17.1 Å². The van der Waals surface area contributed by atoms with Crippen molar-refractivity contribution in [2.24, 2.45) is 10.2 Å². The van der Waals surface area contributed by atoms with Gasteiger partial charge in [-0.2, -0.15) is 10.4 Å². The predicted molar refractivity (Wildman–Crippen MR) is 113 cm³/mol. The van der Waals surface area contributed by atoms with E-state index in [2.05, 4.69) is 26.3 Å². The van der Waals surface area contributed by atoms with E-state index in [0.29, 0.717) is 39.5 Å². The summed E-state index contributed by atoms with van der Waals surface area (Å²) < 4.78 is 20.2. The Hall–Kier alpha value is -3.70. The summed E-state index contributed by atoms with van der Waals surface area (Å²) in [7, 11) is 0. The Morgan fingerprint density at radius 2 is 1.93 bits per heavy atom. The molecule has 0 bridgehead atoms. The van der Waals surface area contributed by atoms with Gasteiger partial charge < -0.3 is 4.74 Å². The lowest BCUT2D eigenvalue weighted by molar-refractivity contribution is 0.341. The van der Waals surface area contributed by atoms with Crippen LogP contribution >= 0.6 is 11.3 Å². The molecule has 0 aliphatic heterocycles. The van der Waals surface area contributed by atoms with Crippen LogP contribution in [0.3, 0.4) is 0 Å². The van der Waals surface area contributed by atoms with Crippen molar-refractivity contribution in [2.75, 3.05) is 6.61 Å². The van der Waals surface area contributed by atoms with Gasteiger partial charge in [-0.05, 0) is 25.1 Å². The second kappa shape index (κ2) is 8.76. The van der Waals surface area contributed by atoms with Crippen LogP contribution in [0.5, 0.6) is 5.75 Å². The summed E-state index contributed by atoms with van der Waals surface area (Å²) in [6.45, 7) is 2.51. The third-order valence-corrected chi connectivity index (χ3v) is 5.57. The van der Waals surface area contributed by atoms with E-state index in [4.69, 9.17) is 4.74 Å². The first-order valence-corrected chi connectivity index (χ1v) is 10.0. The summed E-state index contributed by atoms with van der Waals surface area (Å²) in [5.41, 5.74) is 2.21. The maximum atomic E-state index is 13.8. The number of halogens is 1. The fourth-order valence-electron chi connectivity index (χ4n) is 3.00. The number of ether oxygens (including phenoxy) is 1. The molecule has 6 nitrogen and oxygen atoms in total. The van der Waals surface area contributed by atoms with Crippen LogP contribution in [0.4, 0.5) is 10.2 Å². The lowest BCUT2D eigenvalue weighted by Gasteiger charge is -2.08. The Labute approximate surface area is 176 Å². The number of thiophene rings is 1. The van der Waals surface area contributed by atoms with Crippen molar-refractivity contribution in [3.05, 3.63) is 71.8 Å². The zero-order valence-electron chi connectivity index (χ0n) is 16.0. The quantitative estimate of drug-likeness (QED) is 0.357. The fraction of sp³-hybridized carbons (Fsp3) is 0.136. The predicted octanol–water partition coefficient (Wildman–Crippen LogP) is 6.05. The van der Waals surface area contributed by atoms with Crippen LogP contribution in [0.1, 0.15) is 18.1 Å². The maximum Gasteiger partial charge on any atom is 0.195 e. The molecule has 0 aliphatic rings. The largest absolute Gasteiger partial charge is 0.493 e. The van der Waals surface area contributed by atoms with Crippen molar-refractivity contribution in [3.8, 4) is 22.3 Å². The van der Waals surface area contributed by atoms with E-state index in [1.54, 1.807) is 18.2 Å². The Balaban J connectivity index is 1.77. The molecule has 30 heavy (non-hydrogen) atoms. The van der Waals surface area contributed by atoms with Crippen LogP contribution in [-0.4, -0.2) is 16.6 Å². The van der Waals surface area contributed by atoms with Gasteiger partial charge in [0.1, 0.15) is 34.2 Å². The highest BCUT2D eigenvalue weighted by atomic mass is 32.1. The number of rotatable bonds is 6. The van der Waals surface area contributed by atoms with E-state index in [-0.39, 0.29) is 12.4 Å². The lowest BCUT2D eigenvalue weighted by Crippen LogP contribution is -1.93. The molecule has 0 saturated heterocycles. The molecule has 0 spiro atoms. The molecule has 2 heterocycles. The van der Waals surface area contributed by atoms with Crippen LogP contribution in [0.15, 0.2) is 65.1 Å². The standard InChI is InChI=1S/C22H16FN5OS/c1-2-29-18-10-6-4-8-15(18)20-16(11-24)19-21(30-20)22(26-13-25-19)28-27-12-14-7-3-5-9-17(14)23/h3-10,13H,2,12H2,1H3. The van der Waals surface area contributed by atoms with Gasteiger partial charge in [0.25, 0.3) is 0 Å². The van der Waals surface area contributed by atoms with E-state index in [1.165, 1.54) is 23.7 Å². The van der Waals surface area contributed by atoms with Crippen molar-refractivity contribution >= 4 is 27.4 Å². The highest BCUT2D eigenvalue weighted by Gasteiger charge is 2.20. The molecule has 0 N–H and O–H groups in total. The van der Waals surface area contributed by atoms with Gasteiger partial charge in [-0.15, -0.1) is 16.5 Å². The second-order valence-corrected chi connectivity index (χ2v) is 7.23. The molecular formula is C22H16FN5OS. The number of fused-ring (bicyclic) bond motifs is 1. The molecule has 2 aromatic heterocycles. The molecule has 148 valence electrons. The van der Waals surface area contributed by atoms with Crippen LogP contribution < -0.4 is 4.74 Å². The van der Waals surface area contributed by atoms with E-state index < -0.39 is 0 Å². The number of para-hydroxylation sites is 1. The number of hydrogen-bond donors (Lipinski definition) is 0. The molecule has 4 aromatic rings. The highest BCUT2D eigenvalue weighted by molar-refractivity contribution is 7.23. The minimum Gasteiger partial charge on any atom is -0.493 e. The molecule has 2 aromatic carbocycles. The Morgan fingerprint density at radius 3 is 2.73 bits per heavy atom. The van der Waals surface area contributed by atoms with Crippen molar-refractivity contribution in [3.63, 3.8) is 0 Å². The molecule has 0 unspecified atom stereocenters. The first-order chi connectivity index (χ1) is 14.7. The van der Waals surface area contributed by atoms with Gasteiger partial charge in [-0.1, -0.05) is 30.3 Å². The number of aromatic nitrogens is 2. The molecule has 0 amide bonds. The average Bonchev–Trinajstić information content (AvgIpc) is 3.15. The van der Waals surface area contributed by atoms with Crippen molar-refractivity contribution in [2.45, 2.75) is 13.5 Å². The molecule has 8 heteroatoms. The maximum absolute atomic E-state index is 13.8. The summed E-state index contributed by atoms with van der Waals surface area (Å²) in [6.07, 6.45) is 1.35. The molecule has 0 aliphatic carbocycles. The summed E-state index contributed by atoms with van der Waals surface area (Å²) in [4.78, 5) is 9.23. The summed E-state index contributed by atoms with van der Waals surface area (Å²) in [5.74, 6) is 0.707. The highest BCUT2D eigenvalue weighted by Crippen LogP contribution is 2.43. The number of nitriles is 1. The molecular weight excluding hydrogens is 401 g/mol. The van der Waals surface area contributed by atoms with Crippen molar-refractivity contribution in [1.29, 1.82) is 5.26 Å². The number of benzene rings is 2. The van der Waals surface area contributed by atoms with Crippen LogP contribution in [-0.2, 0) is 6.54 Å². The average molecular weight is 417 g/mol. The van der Waals surface area contributed by atoms with Gasteiger partial charge in [0, 0.05) is 11.1 Å². The van der Waals surface area contributed by atoms with E-state index in [9.17, 15) is 9.65 Å². The number of azo groups is 1. The molecule has 0 radical (unpaired) electrons.